The van der Waals surface area contributed by atoms with Crippen LogP contribution in [-0.4, -0.2) is 99.5 Å². The molecular formula is C32H41N7O8. The van der Waals surface area contributed by atoms with Crippen LogP contribution in [0.5, 0.6) is 0 Å². The first-order valence-electron chi connectivity index (χ1n) is 15.9. The van der Waals surface area contributed by atoms with E-state index in [1.807, 2.05) is 0 Å². The molecule has 3 heterocycles. The predicted octanol–water partition coefficient (Wildman–Crippen LogP) is -0.921. The second kappa shape index (κ2) is 14.3. The number of nitrogens with zero attached hydrogens (tertiary/aromatic N) is 2. The highest BCUT2D eigenvalue weighted by Gasteiger charge is 2.45. The van der Waals surface area contributed by atoms with E-state index in [0.29, 0.717) is 30.6 Å². The number of aromatic nitrogens is 1. The SMILES string of the molecule is Cc1cc(C(=O)N[C@@H]2C[C@H]3C(=O)N[C@@H](C)C(=O)N[C@@H]4CCC[C@H]4C(=O)N[C@@H]([C@@H](C)O)C(=O)N[C@@H](Cc4ccccc4)C(=O)N3C2)no1. The Morgan fingerprint density at radius 1 is 1.02 bits per heavy atom. The van der Waals surface area contributed by atoms with Crippen LogP contribution in [0.4, 0.5) is 0 Å². The van der Waals surface area contributed by atoms with Crippen LogP contribution >= 0.6 is 0 Å². The molecule has 5 rings (SSSR count). The Morgan fingerprint density at radius 2 is 1.77 bits per heavy atom. The van der Waals surface area contributed by atoms with Crippen LogP contribution in [0.2, 0.25) is 0 Å². The van der Waals surface area contributed by atoms with Crippen LogP contribution < -0.4 is 26.6 Å². The summed E-state index contributed by atoms with van der Waals surface area (Å²) in [5, 5.41) is 28.0. The fourth-order valence-corrected chi connectivity index (χ4v) is 6.47. The molecule has 1 saturated carbocycles. The lowest BCUT2D eigenvalue weighted by molar-refractivity contribution is -0.143. The van der Waals surface area contributed by atoms with Crippen LogP contribution in [0.25, 0.3) is 0 Å². The molecule has 6 N–H and O–H groups in total. The van der Waals surface area contributed by atoms with Gasteiger partial charge in [-0.3, -0.25) is 28.8 Å². The number of rotatable bonds is 5. The van der Waals surface area contributed by atoms with E-state index in [4.69, 9.17) is 4.52 Å². The van der Waals surface area contributed by atoms with E-state index in [-0.39, 0.29) is 25.1 Å². The lowest BCUT2D eigenvalue weighted by Crippen LogP contribution is -2.61. The van der Waals surface area contributed by atoms with E-state index in [9.17, 15) is 33.9 Å². The molecule has 2 saturated heterocycles. The number of aryl methyl sites for hydroxylation is 1. The first-order chi connectivity index (χ1) is 22.4. The summed E-state index contributed by atoms with van der Waals surface area (Å²) in [6.07, 6.45) is 0.379. The summed E-state index contributed by atoms with van der Waals surface area (Å²) in [5.41, 5.74) is 0.749. The smallest absolute Gasteiger partial charge is 0.273 e. The zero-order valence-corrected chi connectivity index (χ0v) is 26.5. The van der Waals surface area contributed by atoms with E-state index in [1.165, 1.54) is 24.8 Å². The van der Waals surface area contributed by atoms with Crippen molar-refractivity contribution >= 4 is 35.4 Å². The van der Waals surface area contributed by atoms with E-state index < -0.39 is 83.7 Å². The summed E-state index contributed by atoms with van der Waals surface area (Å²) < 4.78 is 5.00. The van der Waals surface area contributed by atoms with Gasteiger partial charge in [0.2, 0.25) is 29.5 Å². The minimum Gasteiger partial charge on any atom is -0.391 e. The highest BCUT2D eigenvalue weighted by atomic mass is 16.5. The van der Waals surface area contributed by atoms with E-state index in [0.717, 1.165) is 0 Å². The Balaban J connectivity index is 1.48. The summed E-state index contributed by atoms with van der Waals surface area (Å²) in [4.78, 5) is 82.5. The first kappa shape index (κ1) is 33.6. The van der Waals surface area contributed by atoms with E-state index in [2.05, 4.69) is 31.7 Å². The topological polar surface area (TPSA) is 212 Å². The number of amides is 6. The van der Waals surface area contributed by atoms with Crippen molar-refractivity contribution in [2.45, 2.75) is 95.2 Å². The molecule has 0 spiro atoms. The molecule has 1 aromatic heterocycles. The van der Waals surface area contributed by atoms with Gasteiger partial charge in [0.25, 0.3) is 5.91 Å². The van der Waals surface area contributed by atoms with Gasteiger partial charge in [-0.15, -0.1) is 0 Å². The second-order valence-electron chi connectivity index (χ2n) is 12.6. The maximum Gasteiger partial charge on any atom is 0.273 e. The van der Waals surface area contributed by atoms with Crippen LogP contribution in [0.1, 0.15) is 61.3 Å². The Kier molecular flexibility index (Phi) is 10.2. The van der Waals surface area contributed by atoms with E-state index >= 15 is 0 Å². The normalized spacial score (nSPS) is 29.6. The number of carbonyl (C=O) groups excluding carboxylic acids is 6. The van der Waals surface area contributed by atoms with Crippen molar-refractivity contribution < 1.29 is 38.4 Å². The van der Waals surface area contributed by atoms with Crippen molar-refractivity contribution in [3.63, 3.8) is 0 Å². The Bertz CT molecular complexity index is 1510. The van der Waals surface area contributed by atoms with Gasteiger partial charge in [-0.25, -0.2) is 0 Å². The van der Waals surface area contributed by atoms with E-state index in [1.54, 1.807) is 37.3 Å². The molecule has 15 heteroatoms. The fraction of sp³-hybridized carbons (Fsp3) is 0.531. The molecule has 3 aliphatic rings. The molecule has 0 unspecified atom stereocenters. The first-order valence-corrected chi connectivity index (χ1v) is 15.9. The molecule has 47 heavy (non-hydrogen) atoms. The summed E-state index contributed by atoms with van der Waals surface area (Å²) in [7, 11) is 0. The molecular weight excluding hydrogens is 610 g/mol. The highest BCUT2D eigenvalue weighted by Crippen LogP contribution is 2.27. The molecule has 1 aromatic carbocycles. The largest absolute Gasteiger partial charge is 0.391 e. The minimum atomic E-state index is -1.40. The molecule has 8 atom stereocenters. The molecule has 3 fully saturated rings. The molecule has 0 bridgehead atoms. The zero-order chi connectivity index (χ0) is 33.8. The van der Waals surface area contributed by atoms with Gasteiger partial charge < -0.3 is 41.1 Å². The van der Waals surface area contributed by atoms with Crippen molar-refractivity contribution in [1.82, 2.24) is 36.6 Å². The average molecular weight is 652 g/mol. The van der Waals surface area contributed by atoms with Crippen molar-refractivity contribution in [1.29, 1.82) is 0 Å². The third-order valence-electron chi connectivity index (χ3n) is 8.97. The molecule has 0 radical (unpaired) electrons. The van der Waals surface area contributed by atoms with Gasteiger partial charge in [0.15, 0.2) is 5.69 Å². The summed E-state index contributed by atoms with van der Waals surface area (Å²) in [6.45, 7) is 4.42. The van der Waals surface area contributed by atoms with Gasteiger partial charge in [0.1, 0.15) is 29.9 Å². The highest BCUT2D eigenvalue weighted by molar-refractivity contribution is 5.97. The molecule has 6 amide bonds. The molecule has 15 nitrogen and oxygen atoms in total. The third kappa shape index (κ3) is 7.79. The molecule has 252 valence electrons. The quantitative estimate of drug-likeness (QED) is 0.236. The Labute approximate surface area is 271 Å². The average Bonchev–Trinajstić information content (AvgIpc) is 3.79. The van der Waals surface area contributed by atoms with Gasteiger partial charge in [0, 0.05) is 31.1 Å². The fourth-order valence-electron chi connectivity index (χ4n) is 6.47. The summed E-state index contributed by atoms with van der Waals surface area (Å²) in [6, 6.07) is 4.46. The Hall–Kier alpha value is -4.79. The van der Waals surface area contributed by atoms with Crippen molar-refractivity contribution in [3.8, 4) is 0 Å². The van der Waals surface area contributed by atoms with Crippen molar-refractivity contribution in [2.24, 2.45) is 5.92 Å². The van der Waals surface area contributed by atoms with Crippen LogP contribution in [0.15, 0.2) is 40.9 Å². The Morgan fingerprint density at radius 3 is 2.45 bits per heavy atom. The zero-order valence-electron chi connectivity index (χ0n) is 26.5. The molecule has 2 aliphatic heterocycles. The lowest BCUT2D eigenvalue weighted by atomic mass is 10.00. The standard InChI is InChI=1S/C32H41N7O8/c1-16-12-23(38-47-16)29(43)34-20-14-25-30(44)33-17(2)27(41)35-22-11-7-10-21(22)28(42)37-26(18(3)40)31(45)36-24(32(46)39(25)15-20)13-19-8-5-4-6-9-19/h4-6,8-9,12,17-18,20-22,24-26,40H,7,10-11,13-15H2,1-3H3,(H,33,44)(H,34,43)(H,35,41)(H,36,45)(H,37,42)/t17-,18+,20+,21+,22+,24-,25-,26-/m0/s1. The number of nitrogens with one attached hydrogen (secondary N) is 5. The van der Waals surface area contributed by atoms with Crippen molar-refractivity contribution in [3.05, 3.63) is 53.4 Å². The van der Waals surface area contributed by atoms with Gasteiger partial charge in [-0.05, 0) is 45.6 Å². The number of aliphatic hydroxyl groups is 1. The predicted molar refractivity (Wildman–Crippen MR) is 165 cm³/mol. The number of fused-ring (bicyclic) bond motifs is 2. The van der Waals surface area contributed by atoms with Gasteiger partial charge in [-0.2, -0.15) is 0 Å². The minimum absolute atomic E-state index is 0.0253. The van der Waals surface area contributed by atoms with Gasteiger partial charge >= 0.3 is 0 Å². The number of hydrogen-bond acceptors (Lipinski definition) is 9. The summed E-state index contributed by atoms with van der Waals surface area (Å²) in [5.74, 6) is -3.82. The molecule has 2 aromatic rings. The number of carbonyl (C=O) groups is 6. The number of hydrogen-bond donors (Lipinski definition) is 6. The van der Waals surface area contributed by atoms with Gasteiger partial charge in [0.05, 0.1) is 12.0 Å². The molecule has 1 aliphatic carbocycles. The van der Waals surface area contributed by atoms with Crippen LogP contribution in [-0.2, 0) is 30.4 Å². The van der Waals surface area contributed by atoms with Crippen LogP contribution in [0.3, 0.4) is 0 Å². The van der Waals surface area contributed by atoms with Crippen LogP contribution in [0, 0.1) is 12.8 Å². The number of benzene rings is 1. The van der Waals surface area contributed by atoms with Crippen molar-refractivity contribution in [2.75, 3.05) is 6.54 Å². The van der Waals surface area contributed by atoms with Gasteiger partial charge in [-0.1, -0.05) is 41.9 Å². The maximum atomic E-state index is 14.3. The number of aliphatic hydroxyl groups excluding tert-OH is 1. The second-order valence-corrected chi connectivity index (χ2v) is 12.6. The summed E-state index contributed by atoms with van der Waals surface area (Å²) >= 11 is 0. The monoisotopic (exact) mass is 651 g/mol. The third-order valence-corrected chi connectivity index (χ3v) is 8.97. The lowest BCUT2D eigenvalue weighted by Gasteiger charge is -2.32. The maximum absolute atomic E-state index is 14.3.